The first-order valence-corrected chi connectivity index (χ1v) is 7.49. The van der Waals surface area contributed by atoms with Gasteiger partial charge in [-0.05, 0) is 61.7 Å². The van der Waals surface area contributed by atoms with Gasteiger partial charge in [0.1, 0.15) is 11.4 Å². The van der Waals surface area contributed by atoms with Gasteiger partial charge >= 0.3 is 0 Å². The van der Waals surface area contributed by atoms with Crippen molar-refractivity contribution in [2.24, 2.45) is 4.99 Å². The highest BCUT2D eigenvalue weighted by Crippen LogP contribution is 2.29. The summed E-state index contributed by atoms with van der Waals surface area (Å²) in [6, 6.07) is 16.1. The fraction of sp³-hybridized carbons (Fsp3) is 0.316. The molecule has 0 aliphatic heterocycles. The SMILES string of the molecule is Cc1ccccc1C(C)(C)Oc1ccc(C=NCCO)cc1. The third-order valence-corrected chi connectivity index (χ3v) is 3.52. The van der Waals surface area contributed by atoms with Gasteiger partial charge in [-0.25, -0.2) is 0 Å². The van der Waals surface area contributed by atoms with Crippen molar-refractivity contribution in [3.05, 3.63) is 65.2 Å². The Labute approximate surface area is 132 Å². The van der Waals surface area contributed by atoms with Gasteiger partial charge in [0.25, 0.3) is 0 Å². The fourth-order valence-electron chi connectivity index (χ4n) is 2.45. The van der Waals surface area contributed by atoms with Crippen molar-refractivity contribution in [3.8, 4) is 5.75 Å². The maximum absolute atomic E-state index is 8.71. The quantitative estimate of drug-likeness (QED) is 0.826. The van der Waals surface area contributed by atoms with Crippen molar-refractivity contribution in [1.82, 2.24) is 0 Å². The third kappa shape index (κ3) is 4.18. The van der Waals surface area contributed by atoms with Gasteiger partial charge in [0.2, 0.25) is 0 Å². The van der Waals surface area contributed by atoms with Gasteiger partial charge < -0.3 is 9.84 Å². The Hall–Kier alpha value is -2.13. The molecular weight excluding hydrogens is 274 g/mol. The van der Waals surface area contributed by atoms with E-state index in [-0.39, 0.29) is 6.61 Å². The van der Waals surface area contributed by atoms with Crippen molar-refractivity contribution in [1.29, 1.82) is 0 Å². The number of aryl methyl sites for hydroxylation is 1. The maximum atomic E-state index is 8.71. The fourth-order valence-corrected chi connectivity index (χ4v) is 2.45. The first-order chi connectivity index (χ1) is 10.5. The van der Waals surface area contributed by atoms with Crippen LogP contribution >= 0.6 is 0 Å². The molecule has 3 heteroatoms. The molecule has 0 atom stereocenters. The number of benzene rings is 2. The van der Waals surface area contributed by atoms with Crippen molar-refractivity contribution in [2.45, 2.75) is 26.4 Å². The summed E-state index contributed by atoms with van der Waals surface area (Å²) in [5, 5.41) is 8.71. The molecule has 0 unspecified atom stereocenters. The summed E-state index contributed by atoms with van der Waals surface area (Å²) in [5.74, 6) is 0.826. The predicted molar refractivity (Wildman–Crippen MR) is 90.8 cm³/mol. The molecule has 0 aromatic heterocycles. The number of aliphatic hydroxyl groups is 1. The van der Waals surface area contributed by atoms with Gasteiger partial charge in [0.05, 0.1) is 13.2 Å². The van der Waals surface area contributed by atoms with Crippen LogP contribution in [0.15, 0.2) is 53.5 Å². The Morgan fingerprint density at radius 2 is 1.77 bits per heavy atom. The van der Waals surface area contributed by atoms with E-state index in [1.54, 1.807) is 6.21 Å². The Balaban J connectivity index is 2.11. The van der Waals surface area contributed by atoms with Crippen molar-refractivity contribution < 1.29 is 9.84 Å². The third-order valence-electron chi connectivity index (χ3n) is 3.52. The molecule has 0 saturated carbocycles. The molecule has 0 saturated heterocycles. The molecule has 2 rings (SSSR count). The molecule has 0 fully saturated rings. The number of nitrogens with zero attached hydrogens (tertiary/aromatic N) is 1. The van der Waals surface area contributed by atoms with E-state index in [0.29, 0.717) is 6.54 Å². The summed E-state index contributed by atoms with van der Waals surface area (Å²) in [7, 11) is 0. The molecule has 1 N–H and O–H groups in total. The average Bonchev–Trinajstić information content (AvgIpc) is 2.49. The Morgan fingerprint density at radius 3 is 2.41 bits per heavy atom. The number of aliphatic imine (C=N–C) groups is 1. The lowest BCUT2D eigenvalue weighted by Gasteiger charge is -2.28. The lowest BCUT2D eigenvalue weighted by atomic mass is 9.93. The standard InChI is InChI=1S/C19H23NO2/c1-15-6-4-5-7-18(15)19(2,3)22-17-10-8-16(9-11-17)14-20-12-13-21/h4-11,14,21H,12-13H2,1-3H3. The molecule has 0 aliphatic carbocycles. The van der Waals surface area contributed by atoms with E-state index in [1.165, 1.54) is 11.1 Å². The van der Waals surface area contributed by atoms with Gasteiger partial charge in [-0.1, -0.05) is 24.3 Å². The zero-order valence-corrected chi connectivity index (χ0v) is 13.4. The first kappa shape index (κ1) is 16.2. The highest BCUT2D eigenvalue weighted by atomic mass is 16.5. The monoisotopic (exact) mass is 297 g/mol. The molecule has 2 aromatic carbocycles. The van der Waals surface area contributed by atoms with Gasteiger partial charge in [-0.3, -0.25) is 4.99 Å². The molecule has 0 radical (unpaired) electrons. The molecule has 2 aromatic rings. The molecule has 3 nitrogen and oxygen atoms in total. The van der Waals surface area contributed by atoms with E-state index in [1.807, 2.05) is 36.4 Å². The average molecular weight is 297 g/mol. The van der Waals surface area contributed by atoms with Crippen LogP contribution in [0.25, 0.3) is 0 Å². The van der Waals surface area contributed by atoms with Crippen LogP contribution in [0, 0.1) is 6.92 Å². The number of hydrogen-bond donors (Lipinski definition) is 1. The minimum atomic E-state index is -0.391. The molecule has 0 spiro atoms. The van der Waals surface area contributed by atoms with Crippen LogP contribution in [0.2, 0.25) is 0 Å². The minimum absolute atomic E-state index is 0.0717. The van der Waals surface area contributed by atoms with Crippen LogP contribution in [0.3, 0.4) is 0 Å². The van der Waals surface area contributed by atoms with Crippen LogP contribution in [-0.2, 0) is 5.60 Å². The van der Waals surface area contributed by atoms with E-state index >= 15 is 0 Å². The zero-order chi connectivity index (χ0) is 16.0. The van der Waals surface area contributed by atoms with Crippen LogP contribution in [0.1, 0.15) is 30.5 Å². The number of aliphatic hydroxyl groups excluding tert-OH is 1. The van der Waals surface area contributed by atoms with E-state index in [0.717, 1.165) is 11.3 Å². The molecular formula is C19H23NO2. The van der Waals surface area contributed by atoms with Crippen LogP contribution in [-0.4, -0.2) is 24.5 Å². The smallest absolute Gasteiger partial charge is 0.129 e. The second kappa shape index (κ2) is 7.23. The number of rotatable bonds is 6. The minimum Gasteiger partial charge on any atom is -0.483 e. The van der Waals surface area contributed by atoms with Gasteiger partial charge in [-0.15, -0.1) is 0 Å². The topological polar surface area (TPSA) is 41.8 Å². The van der Waals surface area contributed by atoms with Crippen LogP contribution in [0.5, 0.6) is 5.75 Å². The lowest BCUT2D eigenvalue weighted by Crippen LogP contribution is -2.26. The Morgan fingerprint density at radius 1 is 1.09 bits per heavy atom. The van der Waals surface area contributed by atoms with Crippen molar-refractivity contribution >= 4 is 6.21 Å². The largest absolute Gasteiger partial charge is 0.483 e. The Bertz CT molecular complexity index is 630. The van der Waals surface area contributed by atoms with Crippen LogP contribution in [0.4, 0.5) is 0 Å². The summed E-state index contributed by atoms with van der Waals surface area (Å²) in [6.07, 6.45) is 1.76. The summed E-state index contributed by atoms with van der Waals surface area (Å²) < 4.78 is 6.16. The summed E-state index contributed by atoms with van der Waals surface area (Å²) in [6.45, 7) is 6.75. The normalized spacial score (nSPS) is 11.8. The zero-order valence-electron chi connectivity index (χ0n) is 13.4. The molecule has 0 heterocycles. The summed E-state index contributed by atoms with van der Waals surface area (Å²) in [5.41, 5.74) is 3.01. The highest BCUT2D eigenvalue weighted by molar-refractivity contribution is 5.79. The predicted octanol–water partition coefficient (Wildman–Crippen LogP) is 3.72. The molecule has 22 heavy (non-hydrogen) atoms. The summed E-state index contributed by atoms with van der Waals surface area (Å²) in [4.78, 5) is 4.11. The highest BCUT2D eigenvalue weighted by Gasteiger charge is 2.24. The van der Waals surface area contributed by atoms with E-state index in [2.05, 4.69) is 37.9 Å². The first-order valence-electron chi connectivity index (χ1n) is 7.49. The maximum Gasteiger partial charge on any atom is 0.129 e. The van der Waals surface area contributed by atoms with Crippen LogP contribution < -0.4 is 4.74 Å². The van der Waals surface area contributed by atoms with E-state index in [4.69, 9.17) is 9.84 Å². The van der Waals surface area contributed by atoms with E-state index < -0.39 is 5.60 Å². The van der Waals surface area contributed by atoms with Gasteiger partial charge in [0, 0.05) is 6.21 Å². The van der Waals surface area contributed by atoms with Gasteiger partial charge in [0.15, 0.2) is 0 Å². The van der Waals surface area contributed by atoms with E-state index in [9.17, 15) is 0 Å². The molecule has 0 aliphatic rings. The molecule has 0 amide bonds. The molecule has 116 valence electrons. The molecule has 0 bridgehead atoms. The number of hydrogen-bond acceptors (Lipinski definition) is 3. The number of ether oxygens (including phenoxy) is 1. The van der Waals surface area contributed by atoms with Crippen molar-refractivity contribution in [3.63, 3.8) is 0 Å². The Kier molecular flexibility index (Phi) is 5.34. The second-order valence-electron chi connectivity index (χ2n) is 5.76. The van der Waals surface area contributed by atoms with Crippen molar-refractivity contribution in [2.75, 3.05) is 13.2 Å². The summed E-state index contributed by atoms with van der Waals surface area (Å²) >= 11 is 0. The van der Waals surface area contributed by atoms with Gasteiger partial charge in [-0.2, -0.15) is 0 Å². The lowest BCUT2D eigenvalue weighted by molar-refractivity contribution is 0.108. The second-order valence-corrected chi connectivity index (χ2v) is 5.76.